The van der Waals surface area contributed by atoms with Crippen molar-refractivity contribution in [2.75, 3.05) is 19.6 Å². The quantitative estimate of drug-likeness (QED) is 0.727. The molecule has 2 aliphatic heterocycles. The lowest BCUT2D eigenvalue weighted by molar-refractivity contribution is -0.134. The molecule has 0 unspecified atom stereocenters. The molecule has 0 atom stereocenters. The van der Waals surface area contributed by atoms with Crippen LogP contribution in [0.4, 0.5) is 0 Å². The first-order valence-electron chi connectivity index (χ1n) is 11.9. The molecule has 170 valence electrons. The van der Waals surface area contributed by atoms with E-state index in [-0.39, 0.29) is 36.6 Å². The fourth-order valence-electron chi connectivity index (χ4n) is 5.15. The Morgan fingerprint density at radius 1 is 0.935 bits per heavy atom. The molecule has 0 spiro atoms. The lowest BCUT2D eigenvalue weighted by Crippen LogP contribution is -2.39. The lowest BCUT2D eigenvalue weighted by atomic mass is 10.0. The third-order valence-corrected chi connectivity index (χ3v) is 6.98. The van der Waals surface area contributed by atoms with Crippen LogP contribution in [0.2, 0.25) is 0 Å². The van der Waals surface area contributed by atoms with Crippen LogP contribution in [0.15, 0.2) is 0 Å². The Hall–Kier alpha value is -2.38. The van der Waals surface area contributed by atoms with Crippen LogP contribution in [0, 0.1) is 0 Å². The monoisotopic (exact) mass is 429 g/mol. The van der Waals surface area contributed by atoms with Crippen LogP contribution in [0.1, 0.15) is 86.0 Å². The van der Waals surface area contributed by atoms with Gasteiger partial charge in [0.05, 0.1) is 0 Å². The van der Waals surface area contributed by atoms with Crippen LogP contribution in [0.5, 0.6) is 0 Å². The van der Waals surface area contributed by atoms with Gasteiger partial charge in [-0.2, -0.15) is 5.10 Å². The summed E-state index contributed by atoms with van der Waals surface area (Å²) in [6.45, 7) is 2.57. The summed E-state index contributed by atoms with van der Waals surface area (Å²) in [6.07, 6.45) is 10.1. The van der Waals surface area contributed by atoms with E-state index in [0.717, 1.165) is 50.0 Å². The molecule has 3 heterocycles. The van der Waals surface area contributed by atoms with Crippen molar-refractivity contribution in [3.8, 4) is 0 Å². The van der Waals surface area contributed by atoms with Crippen molar-refractivity contribution in [2.45, 2.75) is 83.2 Å². The summed E-state index contributed by atoms with van der Waals surface area (Å²) in [7, 11) is 1.87. The summed E-state index contributed by atoms with van der Waals surface area (Å²) in [4.78, 5) is 41.8. The van der Waals surface area contributed by atoms with Crippen LogP contribution >= 0.6 is 0 Å². The zero-order chi connectivity index (χ0) is 21.8. The highest BCUT2D eigenvalue weighted by Crippen LogP contribution is 2.25. The molecule has 2 fully saturated rings. The van der Waals surface area contributed by atoms with E-state index in [4.69, 9.17) is 0 Å². The van der Waals surface area contributed by atoms with Gasteiger partial charge in [-0.3, -0.25) is 19.1 Å². The standard InChI is InChI=1S/C23H35N5O3/c1-26-19-12-15-28(16-18(19)22(25-26)23(31)27-13-6-7-14-27)21(30)11-10-20(29)24-17-8-4-2-3-5-9-17/h17H,2-16H2,1H3,(H,24,29). The second-order valence-electron chi connectivity index (χ2n) is 9.22. The van der Waals surface area contributed by atoms with Crippen LogP contribution in [-0.4, -0.2) is 63.0 Å². The molecule has 3 amide bonds. The molecule has 0 bridgehead atoms. The van der Waals surface area contributed by atoms with Crippen molar-refractivity contribution in [1.29, 1.82) is 0 Å². The Balaban J connectivity index is 1.33. The van der Waals surface area contributed by atoms with E-state index in [9.17, 15) is 14.4 Å². The molecule has 1 aromatic rings. The van der Waals surface area contributed by atoms with Crippen LogP contribution in [0.25, 0.3) is 0 Å². The molecule has 4 rings (SSSR count). The van der Waals surface area contributed by atoms with Gasteiger partial charge in [0.25, 0.3) is 5.91 Å². The number of aromatic nitrogens is 2. The summed E-state index contributed by atoms with van der Waals surface area (Å²) >= 11 is 0. The van der Waals surface area contributed by atoms with E-state index >= 15 is 0 Å². The van der Waals surface area contributed by atoms with Crippen molar-refractivity contribution in [3.05, 3.63) is 17.0 Å². The molecule has 1 N–H and O–H groups in total. The molecule has 1 aromatic heterocycles. The minimum Gasteiger partial charge on any atom is -0.353 e. The van der Waals surface area contributed by atoms with Gasteiger partial charge >= 0.3 is 0 Å². The number of carbonyl (C=O) groups is 3. The Labute approximate surface area is 184 Å². The number of rotatable bonds is 5. The number of aryl methyl sites for hydroxylation is 1. The van der Waals surface area contributed by atoms with Gasteiger partial charge in [0.2, 0.25) is 11.8 Å². The molecular formula is C23H35N5O3. The third-order valence-electron chi connectivity index (χ3n) is 6.98. The molecule has 3 aliphatic rings. The third kappa shape index (κ3) is 5.10. The molecule has 1 saturated carbocycles. The molecular weight excluding hydrogens is 394 g/mol. The number of carbonyl (C=O) groups excluding carboxylic acids is 3. The number of nitrogens with one attached hydrogen (secondary N) is 1. The lowest BCUT2D eigenvalue weighted by Gasteiger charge is -2.28. The highest BCUT2D eigenvalue weighted by atomic mass is 16.2. The first-order chi connectivity index (χ1) is 15.0. The predicted molar refractivity (Wildman–Crippen MR) is 116 cm³/mol. The summed E-state index contributed by atoms with van der Waals surface area (Å²) in [5.41, 5.74) is 2.41. The fourth-order valence-corrected chi connectivity index (χ4v) is 5.15. The number of nitrogens with zero attached hydrogens (tertiary/aromatic N) is 4. The van der Waals surface area contributed by atoms with Crippen molar-refractivity contribution in [3.63, 3.8) is 0 Å². The molecule has 8 nitrogen and oxygen atoms in total. The van der Waals surface area contributed by atoms with E-state index in [2.05, 4.69) is 10.4 Å². The second-order valence-corrected chi connectivity index (χ2v) is 9.22. The minimum absolute atomic E-state index is 0.0218. The predicted octanol–water partition coefficient (Wildman–Crippen LogP) is 2.16. The Morgan fingerprint density at radius 2 is 1.65 bits per heavy atom. The van der Waals surface area contributed by atoms with Crippen LogP contribution < -0.4 is 5.32 Å². The highest BCUT2D eigenvalue weighted by Gasteiger charge is 2.32. The maximum Gasteiger partial charge on any atom is 0.274 e. The van der Waals surface area contributed by atoms with Crippen LogP contribution in [0.3, 0.4) is 0 Å². The largest absolute Gasteiger partial charge is 0.353 e. The fraction of sp³-hybridized carbons (Fsp3) is 0.739. The Kier molecular flexibility index (Phi) is 6.92. The van der Waals surface area contributed by atoms with Crippen molar-refractivity contribution < 1.29 is 14.4 Å². The number of hydrogen-bond acceptors (Lipinski definition) is 4. The summed E-state index contributed by atoms with van der Waals surface area (Å²) in [5, 5.41) is 7.62. The summed E-state index contributed by atoms with van der Waals surface area (Å²) in [6, 6.07) is 0.261. The molecule has 31 heavy (non-hydrogen) atoms. The molecule has 0 aromatic carbocycles. The van der Waals surface area contributed by atoms with E-state index in [1.807, 2.05) is 11.9 Å². The van der Waals surface area contributed by atoms with Gasteiger partial charge in [-0.15, -0.1) is 0 Å². The molecule has 0 radical (unpaired) electrons. The van der Waals surface area contributed by atoms with Gasteiger partial charge in [-0.05, 0) is 25.7 Å². The van der Waals surface area contributed by atoms with E-state index in [0.29, 0.717) is 25.2 Å². The van der Waals surface area contributed by atoms with Gasteiger partial charge in [0.1, 0.15) is 0 Å². The Bertz CT molecular complexity index is 819. The van der Waals surface area contributed by atoms with Gasteiger partial charge in [-0.25, -0.2) is 0 Å². The highest BCUT2D eigenvalue weighted by molar-refractivity contribution is 5.94. The Morgan fingerprint density at radius 3 is 2.35 bits per heavy atom. The minimum atomic E-state index is -0.0239. The van der Waals surface area contributed by atoms with Crippen molar-refractivity contribution in [2.24, 2.45) is 7.05 Å². The van der Waals surface area contributed by atoms with E-state index in [1.54, 1.807) is 9.58 Å². The normalized spacial score (nSPS) is 19.8. The van der Waals surface area contributed by atoms with E-state index in [1.165, 1.54) is 25.7 Å². The maximum absolute atomic E-state index is 12.9. The number of likely N-dealkylation sites (tertiary alicyclic amines) is 1. The van der Waals surface area contributed by atoms with Gasteiger partial charge in [0, 0.05) is 69.8 Å². The van der Waals surface area contributed by atoms with Gasteiger partial charge < -0.3 is 15.1 Å². The van der Waals surface area contributed by atoms with Gasteiger partial charge in [-0.1, -0.05) is 25.7 Å². The molecule has 1 saturated heterocycles. The average Bonchev–Trinajstić information content (AvgIpc) is 3.34. The second kappa shape index (κ2) is 9.83. The first-order valence-corrected chi connectivity index (χ1v) is 11.9. The maximum atomic E-state index is 12.9. The van der Waals surface area contributed by atoms with Crippen LogP contribution in [-0.2, 0) is 29.6 Å². The first kappa shape index (κ1) is 21.8. The molecule has 1 aliphatic carbocycles. The summed E-state index contributed by atoms with van der Waals surface area (Å²) in [5.74, 6) is -0.0688. The topological polar surface area (TPSA) is 87.5 Å². The van der Waals surface area contributed by atoms with Crippen molar-refractivity contribution >= 4 is 17.7 Å². The molecule has 8 heteroatoms. The number of hydrogen-bond donors (Lipinski definition) is 1. The number of fused-ring (bicyclic) bond motifs is 1. The van der Waals surface area contributed by atoms with Crippen molar-refractivity contribution in [1.82, 2.24) is 24.9 Å². The number of amides is 3. The van der Waals surface area contributed by atoms with Gasteiger partial charge in [0.15, 0.2) is 5.69 Å². The zero-order valence-corrected chi connectivity index (χ0v) is 18.7. The SMILES string of the molecule is Cn1nc(C(=O)N2CCCC2)c2c1CCN(C(=O)CCC(=O)NC1CCCCCC1)C2. The average molecular weight is 430 g/mol. The van der Waals surface area contributed by atoms with E-state index < -0.39 is 0 Å². The smallest absolute Gasteiger partial charge is 0.274 e. The zero-order valence-electron chi connectivity index (χ0n) is 18.7. The summed E-state index contributed by atoms with van der Waals surface area (Å²) < 4.78 is 1.79.